The number of benzene rings is 3. The van der Waals surface area contributed by atoms with E-state index in [1.807, 2.05) is 42.2 Å². The SMILES string of the molecule is Cc1ccccc1N1C(=O)c2ccc(C(=O)N3CCCN(Cc4ccccc4)CC3)cc2C1=O. The van der Waals surface area contributed by atoms with E-state index >= 15 is 0 Å². The van der Waals surface area contributed by atoms with Gasteiger partial charge in [0.1, 0.15) is 0 Å². The first-order chi connectivity index (χ1) is 16.5. The Morgan fingerprint density at radius 3 is 2.32 bits per heavy atom. The zero-order chi connectivity index (χ0) is 23.7. The Labute approximate surface area is 199 Å². The van der Waals surface area contributed by atoms with Crippen molar-refractivity contribution in [3.8, 4) is 0 Å². The molecule has 1 saturated heterocycles. The van der Waals surface area contributed by atoms with Crippen molar-refractivity contribution in [1.82, 2.24) is 9.80 Å². The molecule has 0 bridgehead atoms. The number of hydrogen-bond donors (Lipinski definition) is 0. The Balaban J connectivity index is 1.31. The van der Waals surface area contributed by atoms with E-state index in [1.54, 1.807) is 30.3 Å². The number of rotatable bonds is 4. The Bertz CT molecular complexity index is 1250. The number of imide groups is 1. The predicted molar refractivity (Wildman–Crippen MR) is 131 cm³/mol. The lowest BCUT2D eigenvalue weighted by molar-refractivity contribution is 0.0760. The molecule has 34 heavy (non-hydrogen) atoms. The summed E-state index contributed by atoms with van der Waals surface area (Å²) >= 11 is 0. The zero-order valence-electron chi connectivity index (χ0n) is 19.2. The van der Waals surface area contributed by atoms with E-state index in [-0.39, 0.29) is 17.7 Å². The molecule has 0 atom stereocenters. The lowest BCUT2D eigenvalue weighted by Gasteiger charge is -2.22. The second kappa shape index (κ2) is 9.23. The van der Waals surface area contributed by atoms with E-state index in [1.165, 1.54) is 10.5 Å². The van der Waals surface area contributed by atoms with Crippen molar-refractivity contribution >= 4 is 23.4 Å². The fourth-order valence-electron chi connectivity index (χ4n) is 4.76. The minimum atomic E-state index is -0.381. The number of para-hydroxylation sites is 1. The van der Waals surface area contributed by atoms with Crippen LogP contribution in [0.2, 0.25) is 0 Å². The largest absolute Gasteiger partial charge is 0.337 e. The summed E-state index contributed by atoms with van der Waals surface area (Å²) in [5.41, 5.74) is 3.77. The van der Waals surface area contributed by atoms with Gasteiger partial charge in [-0.1, -0.05) is 48.5 Å². The van der Waals surface area contributed by atoms with Crippen molar-refractivity contribution in [2.75, 3.05) is 31.1 Å². The van der Waals surface area contributed by atoms with Crippen molar-refractivity contribution in [1.29, 1.82) is 0 Å². The molecule has 1 fully saturated rings. The Hall–Kier alpha value is -3.77. The van der Waals surface area contributed by atoms with Crippen LogP contribution in [0.3, 0.4) is 0 Å². The average molecular weight is 454 g/mol. The van der Waals surface area contributed by atoms with Crippen LogP contribution >= 0.6 is 0 Å². The van der Waals surface area contributed by atoms with Crippen molar-refractivity contribution in [2.45, 2.75) is 19.9 Å². The number of fused-ring (bicyclic) bond motifs is 1. The van der Waals surface area contributed by atoms with Crippen molar-refractivity contribution in [2.24, 2.45) is 0 Å². The summed E-state index contributed by atoms with van der Waals surface area (Å²) < 4.78 is 0. The molecule has 3 aromatic rings. The number of anilines is 1. The van der Waals surface area contributed by atoms with Gasteiger partial charge in [0, 0.05) is 38.3 Å². The van der Waals surface area contributed by atoms with Gasteiger partial charge in [0.05, 0.1) is 16.8 Å². The predicted octanol–water partition coefficient (Wildman–Crippen LogP) is 4.14. The highest BCUT2D eigenvalue weighted by Gasteiger charge is 2.38. The second-order valence-corrected chi connectivity index (χ2v) is 8.90. The molecule has 0 radical (unpaired) electrons. The molecule has 2 heterocycles. The van der Waals surface area contributed by atoms with Crippen molar-refractivity contribution in [3.05, 3.63) is 101 Å². The number of hydrogen-bond acceptors (Lipinski definition) is 4. The van der Waals surface area contributed by atoms with Crippen molar-refractivity contribution < 1.29 is 14.4 Å². The topological polar surface area (TPSA) is 60.9 Å². The van der Waals surface area contributed by atoms with E-state index < -0.39 is 0 Å². The van der Waals surface area contributed by atoms with Gasteiger partial charge in [-0.25, -0.2) is 4.90 Å². The van der Waals surface area contributed by atoms with Crippen LogP contribution in [0.25, 0.3) is 0 Å². The highest BCUT2D eigenvalue weighted by Crippen LogP contribution is 2.31. The number of aryl methyl sites for hydroxylation is 1. The minimum Gasteiger partial charge on any atom is -0.337 e. The van der Waals surface area contributed by atoms with Gasteiger partial charge in [-0.3, -0.25) is 19.3 Å². The Morgan fingerprint density at radius 2 is 1.53 bits per heavy atom. The summed E-state index contributed by atoms with van der Waals surface area (Å²) in [7, 11) is 0. The molecule has 172 valence electrons. The quantitative estimate of drug-likeness (QED) is 0.557. The van der Waals surface area contributed by atoms with Gasteiger partial charge in [0.25, 0.3) is 17.7 Å². The van der Waals surface area contributed by atoms with E-state index in [4.69, 9.17) is 0 Å². The molecule has 0 aromatic heterocycles. The molecule has 0 saturated carbocycles. The molecule has 2 aliphatic rings. The van der Waals surface area contributed by atoms with E-state index in [0.29, 0.717) is 35.5 Å². The lowest BCUT2D eigenvalue weighted by atomic mass is 10.0. The Kier molecular flexibility index (Phi) is 5.99. The fourth-order valence-corrected chi connectivity index (χ4v) is 4.76. The molecule has 0 N–H and O–H groups in total. The maximum atomic E-state index is 13.3. The molecule has 6 nitrogen and oxygen atoms in total. The Morgan fingerprint density at radius 1 is 0.794 bits per heavy atom. The first-order valence-corrected chi connectivity index (χ1v) is 11.7. The molecule has 6 heteroatoms. The number of amides is 3. The molecule has 3 aromatic carbocycles. The highest BCUT2D eigenvalue weighted by atomic mass is 16.2. The smallest absolute Gasteiger partial charge is 0.266 e. The van der Waals surface area contributed by atoms with Crippen LogP contribution in [0.5, 0.6) is 0 Å². The second-order valence-electron chi connectivity index (χ2n) is 8.90. The lowest BCUT2D eigenvalue weighted by Crippen LogP contribution is -2.35. The standard InChI is InChI=1S/C28H27N3O3/c1-20-8-5-6-11-25(20)31-27(33)23-13-12-22(18-24(23)28(31)34)26(32)30-15-7-14-29(16-17-30)19-21-9-3-2-4-10-21/h2-6,8-13,18H,7,14-17,19H2,1H3. The van der Waals surface area contributed by atoms with Crippen LogP contribution < -0.4 is 4.90 Å². The van der Waals surface area contributed by atoms with Crippen LogP contribution in [0.15, 0.2) is 72.8 Å². The molecule has 3 amide bonds. The fraction of sp³-hybridized carbons (Fsp3) is 0.250. The number of carbonyl (C=O) groups excluding carboxylic acids is 3. The van der Waals surface area contributed by atoms with E-state index in [2.05, 4.69) is 17.0 Å². The van der Waals surface area contributed by atoms with Gasteiger partial charge in [-0.05, 0) is 48.7 Å². The van der Waals surface area contributed by atoms with Gasteiger partial charge >= 0.3 is 0 Å². The van der Waals surface area contributed by atoms with Crippen LogP contribution in [-0.4, -0.2) is 53.7 Å². The van der Waals surface area contributed by atoms with Crippen LogP contribution in [0.1, 0.15) is 48.6 Å². The maximum absolute atomic E-state index is 13.3. The highest BCUT2D eigenvalue weighted by molar-refractivity contribution is 6.35. The third-order valence-corrected chi connectivity index (χ3v) is 6.61. The molecular weight excluding hydrogens is 426 g/mol. The third kappa shape index (κ3) is 4.13. The summed E-state index contributed by atoms with van der Waals surface area (Å²) in [5, 5.41) is 0. The van der Waals surface area contributed by atoms with Gasteiger partial charge in [-0.2, -0.15) is 0 Å². The monoisotopic (exact) mass is 453 g/mol. The molecule has 2 aliphatic heterocycles. The van der Waals surface area contributed by atoms with Gasteiger partial charge < -0.3 is 4.90 Å². The summed E-state index contributed by atoms with van der Waals surface area (Å²) in [6, 6.07) is 22.5. The average Bonchev–Trinajstić information content (AvgIpc) is 2.99. The zero-order valence-corrected chi connectivity index (χ0v) is 19.2. The third-order valence-electron chi connectivity index (χ3n) is 6.61. The molecule has 0 spiro atoms. The summed E-state index contributed by atoms with van der Waals surface area (Å²) in [5.74, 6) is -0.826. The van der Waals surface area contributed by atoms with Gasteiger partial charge in [0.2, 0.25) is 0 Å². The maximum Gasteiger partial charge on any atom is 0.266 e. The van der Waals surface area contributed by atoms with E-state index in [0.717, 1.165) is 31.6 Å². The van der Waals surface area contributed by atoms with Crippen LogP contribution in [-0.2, 0) is 6.54 Å². The molecule has 5 rings (SSSR count). The summed E-state index contributed by atoms with van der Waals surface area (Å²) in [6.07, 6.45) is 0.891. The normalized spacial score (nSPS) is 16.5. The number of nitrogens with zero attached hydrogens (tertiary/aromatic N) is 3. The van der Waals surface area contributed by atoms with E-state index in [9.17, 15) is 14.4 Å². The van der Waals surface area contributed by atoms with Crippen LogP contribution in [0.4, 0.5) is 5.69 Å². The van der Waals surface area contributed by atoms with Crippen molar-refractivity contribution in [3.63, 3.8) is 0 Å². The molecular formula is C28H27N3O3. The first-order valence-electron chi connectivity index (χ1n) is 11.7. The first kappa shape index (κ1) is 22.0. The number of carbonyl (C=O) groups is 3. The summed E-state index contributed by atoms with van der Waals surface area (Å²) in [4.78, 5) is 44.9. The van der Waals surface area contributed by atoms with Gasteiger partial charge in [-0.15, -0.1) is 0 Å². The minimum absolute atomic E-state index is 0.0982. The molecule has 0 aliphatic carbocycles. The van der Waals surface area contributed by atoms with Gasteiger partial charge in [0.15, 0.2) is 0 Å². The van der Waals surface area contributed by atoms with Crippen LogP contribution in [0, 0.1) is 6.92 Å². The summed E-state index contributed by atoms with van der Waals surface area (Å²) in [6.45, 7) is 5.76. The molecule has 0 unspecified atom stereocenters.